The predicted octanol–water partition coefficient (Wildman–Crippen LogP) is 3.37. The number of hydrogen-bond acceptors (Lipinski definition) is 3. The first kappa shape index (κ1) is 16.1. The van der Waals surface area contributed by atoms with E-state index in [1.54, 1.807) is 18.2 Å². The van der Waals surface area contributed by atoms with Crippen LogP contribution in [0.4, 0.5) is 11.4 Å². The Balaban J connectivity index is 2.04. The first-order valence-electron chi connectivity index (χ1n) is 7.61. The Labute approximate surface area is 131 Å². The summed E-state index contributed by atoms with van der Waals surface area (Å²) in [5, 5.41) is 3.46. The van der Waals surface area contributed by atoms with Crippen LogP contribution in [0.2, 0.25) is 5.02 Å². The molecule has 0 saturated carbocycles. The summed E-state index contributed by atoms with van der Waals surface area (Å²) in [7, 11) is 0. The smallest absolute Gasteiger partial charge is 0.241 e. The molecule has 2 atom stereocenters. The van der Waals surface area contributed by atoms with Crippen molar-refractivity contribution in [2.75, 3.05) is 24.1 Å². The summed E-state index contributed by atoms with van der Waals surface area (Å²) in [4.78, 5) is 14.8. The van der Waals surface area contributed by atoms with Crippen molar-refractivity contribution in [1.29, 1.82) is 0 Å². The van der Waals surface area contributed by atoms with Crippen LogP contribution in [0.1, 0.15) is 33.1 Å². The molecule has 0 radical (unpaired) electrons. The molecule has 2 unspecified atom stereocenters. The number of amides is 1. The van der Waals surface area contributed by atoms with Gasteiger partial charge in [-0.15, -0.1) is 0 Å². The van der Waals surface area contributed by atoms with Crippen molar-refractivity contribution < 1.29 is 4.79 Å². The molecule has 1 aliphatic heterocycles. The molecule has 0 aromatic heterocycles. The van der Waals surface area contributed by atoms with Crippen LogP contribution in [0, 0.1) is 5.92 Å². The molecule has 4 nitrogen and oxygen atoms in total. The van der Waals surface area contributed by atoms with E-state index in [1.807, 2.05) is 0 Å². The fourth-order valence-corrected chi connectivity index (χ4v) is 3.08. The zero-order valence-corrected chi connectivity index (χ0v) is 13.5. The van der Waals surface area contributed by atoms with E-state index < -0.39 is 0 Å². The number of rotatable bonds is 4. The molecule has 1 aromatic rings. The second-order valence-electron chi connectivity index (χ2n) is 5.89. The van der Waals surface area contributed by atoms with Gasteiger partial charge in [0.15, 0.2) is 0 Å². The van der Waals surface area contributed by atoms with Crippen molar-refractivity contribution in [3.63, 3.8) is 0 Å². The predicted molar refractivity (Wildman–Crippen MR) is 88.5 cm³/mol. The van der Waals surface area contributed by atoms with E-state index in [0.29, 0.717) is 22.3 Å². The van der Waals surface area contributed by atoms with Crippen molar-refractivity contribution in [3.8, 4) is 0 Å². The van der Waals surface area contributed by atoms with Gasteiger partial charge >= 0.3 is 0 Å². The first-order chi connectivity index (χ1) is 10.0. The molecule has 5 heteroatoms. The minimum atomic E-state index is -0.0790. The number of nitrogens with one attached hydrogen (secondary N) is 1. The standard InChI is InChI=1S/C16H24ClN3O/c1-3-15(20-8-4-5-11(2)10-20)16(21)19-12-6-7-13(17)14(18)9-12/h6-7,9,11,15H,3-5,8,10,18H2,1-2H3,(H,19,21). The molecule has 1 aromatic carbocycles. The van der Waals surface area contributed by atoms with E-state index in [4.69, 9.17) is 17.3 Å². The van der Waals surface area contributed by atoms with Gasteiger partial charge in [-0.2, -0.15) is 0 Å². The molecule has 1 amide bonds. The fraction of sp³-hybridized carbons (Fsp3) is 0.562. The van der Waals surface area contributed by atoms with Crippen molar-refractivity contribution in [1.82, 2.24) is 4.90 Å². The van der Waals surface area contributed by atoms with Crippen molar-refractivity contribution >= 4 is 28.9 Å². The average Bonchev–Trinajstić information content (AvgIpc) is 2.44. The molecule has 21 heavy (non-hydrogen) atoms. The molecule has 1 saturated heterocycles. The zero-order chi connectivity index (χ0) is 15.4. The lowest BCUT2D eigenvalue weighted by Crippen LogP contribution is -2.48. The van der Waals surface area contributed by atoms with Crippen LogP contribution in [0.25, 0.3) is 0 Å². The average molecular weight is 310 g/mol. The van der Waals surface area contributed by atoms with Crippen molar-refractivity contribution in [2.24, 2.45) is 5.92 Å². The third kappa shape index (κ3) is 4.11. The van der Waals surface area contributed by atoms with Gasteiger partial charge in [0.05, 0.1) is 16.8 Å². The molecule has 0 aliphatic carbocycles. The number of nitrogens with two attached hydrogens (primary N) is 1. The van der Waals surface area contributed by atoms with Gasteiger partial charge in [-0.3, -0.25) is 9.69 Å². The Kier molecular flexibility index (Phi) is 5.48. The van der Waals surface area contributed by atoms with E-state index in [2.05, 4.69) is 24.1 Å². The Bertz CT molecular complexity index is 506. The van der Waals surface area contributed by atoms with Gasteiger partial charge in [-0.1, -0.05) is 25.4 Å². The van der Waals surface area contributed by atoms with Crippen LogP contribution in [-0.2, 0) is 4.79 Å². The van der Waals surface area contributed by atoms with Crippen LogP contribution in [0.5, 0.6) is 0 Å². The van der Waals surface area contributed by atoms with Gasteiger partial charge in [-0.25, -0.2) is 0 Å². The highest BCUT2D eigenvalue weighted by atomic mass is 35.5. The number of benzene rings is 1. The lowest BCUT2D eigenvalue weighted by atomic mass is 9.98. The Hall–Kier alpha value is -1.26. The molecule has 2 rings (SSSR count). The van der Waals surface area contributed by atoms with E-state index >= 15 is 0 Å². The maximum absolute atomic E-state index is 12.5. The van der Waals surface area contributed by atoms with Crippen molar-refractivity contribution in [3.05, 3.63) is 23.2 Å². The molecule has 1 heterocycles. The van der Waals surface area contributed by atoms with E-state index in [0.717, 1.165) is 19.5 Å². The third-order valence-electron chi connectivity index (χ3n) is 4.08. The van der Waals surface area contributed by atoms with Crippen LogP contribution in [-0.4, -0.2) is 29.9 Å². The summed E-state index contributed by atoms with van der Waals surface area (Å²) >= 11 is 5.90. The summed E-state index contributed by atoms with van der Waals surface area (Å²) in [5.74, 6) is 0.695. The Morgan fingerprint density at radius 3 is 2.95 bits per heavy atom. The number of anilines is 2. The molecule has 1 aliphatic rings. The molecular formula is C16H24ClN3O. The number of halogens is 1. The summed E-state index contributed by atoms with van der Waals surface area (Å²) < 4.78 is 0. The summed E-state index contributed by atoms with van der Waals surface area (Å²) in [6, 6.07) is 5.11. The molecule has 1 fully saturated rings. The number of piperidine rings is 1. The first-order valence-corrected chi connectivity index (χ1v) is 7.99. The number of carbonyl (C=O) groups is 1. The normalized spacial score (nSPS) is 21.0. The van der Waals surface area contributed by atoms with E-state index in [1.165, 1.54) is 12.8 Å². The summed E-state index contributed by atoms with van der Waals surface area (Å²) in [6.07, 6.45) is 3.22. The SMILES string of the molecule is CCC(C(=O)Nc1ccc(Cl)c(N)c1)N1CCCC(C)C1. The Morgan fingerprint density at radius 1 is 1.57 bits per heavy atom. The number of carbonyl (C=O) groups excluding carboxylic acids is 1. The van der Waals surface area contributed by atoms with E-state index in [9.17, 15) is 4.79 Å². The quantitative estimate of drug-likeness (QED) is 0.838. The van der Waals surface area contributed by atoms with Gasteiger partial charge in [0, 0.05) is 12.2 Å². The second kappa shape index (κ2) is 7.14. The van der Waals surface area contributed by atoms with Gasteiger partial charge in [0.1, 0.15) is 0 Å². The maximum Gasteiger partial charge on any atom is 0.241 e. The van der Waals surface area contributed by atoms with Crippen LogP contribution < -0.4 is 11.1 Å². The highest BCUT2D eigenvalue weighted by molar-refractivity contribution is 6.33. The lowest BCUT2D eigenvalue weighted by molar-refractivity contribution is -0.122. The number of hydrogen-bond donors (Lipinski definition) is 2. The minimum Gasteiger partial charge on any atom is -0.397 e. The highest BCUT2D eigenvalue weighted by Gasteiger charge is 2.27. The van der Waals surface area contributed by atoms with E-state index in [-0.39, 0.29) is 11.9 Å². The number of nitrogens with zero attached hydrogens (tertiary/aromatic N) is 1. The lowest BCUT2D eigenvalue weighted by Gasteiger charge is -2.36. The maximum atomic E-state index is 12.5. The van der Waals surface area contributed by atoms with Crippen LogP contribution in [0.3, 0.4) is 0 Å². The van der Waals surface area contributed by atoms with Crippen LogP contribution >= 0.6 is 11.6 Å². The Morgan fingerprint density at radius 2 is 2.33 bits per heavy atom. The largest absolute Gasteiger partial charge is 0.397 e. The minimum absolute atomic E-state index is 0.0355. The molecule has 116 valence electrons. The molecular weight excluding hydrogens is 286 g/mol. The zero-order valence-electron chi connectivity index (χ0n) is 12.7. The molecule has 0 spiro atoms. The molecule has 0 bridgehead atoms. The third-order valence-corrected chi connectivity index (χ3v) is 4.43. The number of likely N-dealkylation sites (tertiary alicyclic amines) is 1. The second-order valence-corrected chi connectivity index (χ2v) is 6.30. The summed E-state index contributed by atoms with van der Waals surface area (Å²) in [5.41, 5.74) is 6.95. The van der Waals surface area contributed by atoms with Crippen molar-refractivity contribution in [2.45, 2.75) is 39.2 Å². The van der Waals surface area contributed by atoms with Gasteiger partial charge in [0.2, 0.25) is 5.91 Å². The number of nitrogen functional groups attached to an aromatic ring is 1. The van der Waals surface area contributed by atoms with Crippen LogP contribution in [0.15, 0.2) is 18.2 Å². The summed E-state index contributed by atoms with van der Waals surface area (Å²) in [6.45, 7) is 6.30. The monoisotopic (exact) mass is 309 g/mol. The topological polar surface area (TPSA) is 58.4 Å². The highest BCUT2D eigenvalue weighted by Crippen LogP contribution is 2.24. The fourth-order valence-electron chi connectivity index (χ4n) is 2.97. The van der Waals surface area contributed by atoms with Gasteiger partial charge in [-0.05, 0) is 49.9 Å². The molecule has 3 N–H and O–H groups in total. The van der Waals surface area contributed by atoms with Gasteiger partial charge < -0.3 is 11.1 Å². The van der Waals surface area contributed by atoms with Gasteiger partial charge in [0.25, 0.3) is 0 Å².